The molecule has 3 N–H and O–H groups in total. The van der Waals surface area contributed by atoms with E-state index in [1.807, 2.05) is 32.0 Å². The van der Waals surface area contributed by atoms with Gasteiger partial charge in [0.05, 0.1) is 6.10 Å². The van der Waals surface area contributed by atoms with Gasteiger partial charge in [0, 0.05) is 0 Å². The maximum Gasteiger partial charge on any atom is 0.158 e. The molecule has 1 fully saturated rings. The fourth-order valence-electron chi connectivity index (χ4n) is 3.51. The Morgan fingerprint density at radius 3 is 2.25 bits per heavy atom. The van der Waals surface area contributed by atoms with Crippen LogP contribution in [0.15, 0.2) is 42.5 Å². The highest BCUT2D eigenvalue weighted by atomic mass is 16.3. The summed E-state index contributed by atoms with van der Waals surface area (Å²) in [6.07, 6.45) is 2.56. The van der Waals surface area contributed by atoms with Crippen molar-refractivity contribution in [3.05, 3.63) is 48.0 Å². The van der Waals surface area contributed by atoms with Crippen LogP contribution in [0.2, 0.25) is 0 Å². The lowest BCUT2D eigenvalue weighted by atomic mass is 9.75. The molecule has 0 saturated heterocycles. The first kappa shape index (κ1) is 18.3. The average molecular weight is 328 g/mol. The molecule has 2 aromatic carbocycles. The Hall–Kier alpha value is -2.00. The zero-order valence-corrected chi connectivity index (χ0v) is 14.7. The van der Waals surface area contributed by atoms with Crippen molar-refractivity contribution in [3.8, 4) is 22.6 Å². The van der Waals surface area contributed by atoms with Crippen LogP contribution in [0, 0.1) is 5.92 Å². The van der Waals surface area contributed by atoms with E-state index < -0.39 is 0 Å². The average Bonchev–Trinajstić information content (AvgIpc) is 2.59. The Morgan fingerprint density at radius 1 is 0.875 bits per heavy atom. The second kappa shape index (κ2) is 8.20. The molecule has 0 radical (unpaired) electrons. The van der Waals surface area contributed by atoms with Gasteiger partial charge in [0.2, 0.25) is 0 Å². The standard InChI is InChI=1S/C19H22O3.C2H6/c1-12-9-16(20)6-7-17(12)15-4-2-3-13(10-15)14-5-8-18(21)19(22)11-14;1-2/h2-5,8,10-12,16-17,20-22H,6-7,9H2,1H3;1-2H3. The van der Waals surface area contributed by atoms with E-state index in [1.165, 1.54) is 11.6 Å². The van der Waals surface area contributed by atoms with E-state index in [1.54, 1.807) is 6.07 Å². The van der Waals surface area contributed by atoms with Gasteiger partial charge in [-0.1, -0.05) is 51.1 Å². The number of aliphatic hydroxyl groups is 1. The lowest BCUT2D eigenvalue weighted by Gasteiger charge is -2.32. The zero-order valence-electron chi connectivity index (χ0n) is 14.7. The van der Waals surface area contributed by atoms with Crippen molar-refractivity contribution in [1.29, 1.82) is 0 Å². The Kier molecular flexibility index (Phi) is 6.27. The second-order valence-electron chi connectivity index (χ2n) is 6.38. The highest BCUT2D eigenvalue weighted by Gasteiger charge is 2.27. The van der Waals surface area contributed by atoms with Crippen molar-refractivity contribution in [2.75, 3.05) is 0 Å². The van der Waals surface area contributed by atoms with Crippen molar-refractivity contribution in [1.82, 2.24) is 0 Å². The van der Waals surface area contributed by atoms with Crippen LogP contribution in [-0.2, 0) is 0 Å². The minimum absolute atomic E-state index is 0.0999. The first-order valence-corrected chi connectivity index (χ1v) is 8.85. The largest absolute Gasteiger partial charge is 0.504 e. The summed E-state index contributed by atoms with van der Waals surface area (Å²) in [7, 11) is 0. The summed E-state index contributed by atoms with van der Waals surface area (Å²) in [6.45, 7) is 6.20. The Balaban J connectivity index is 0.00000100. The second-order valence-corrected chi connectivity index (χ2v) is 6.38. The topological polar surface area (TPSA) is 60.7 Å². The van der Waals surface area contributed by atoms with Crippen molar-refractivity contribution in [2.45, 2.75) is 52.1 Å². The van der Waals surface area contributed by atoms with Crippen LogP contribution in [-0.4, -0.2) is 21.4 Å². The van der Waals surface area contributed by atoms with Gasteiger partial charge in [0.1, 0.15) is 0 Å². The summed E-state index contributed by atoms with van der Waals surface area (Å²) >= 11 is 0. The van der Waals surface area contributed by atoms with Crippen LogP contribution in [0.1, 0.15) is 51.5 Å². The molecule has 130 valence electrons. The Bertz CT molecular complexity index is 666. The smallest absolute Gasteiger partial charge is 0.158 e. The molecule has 0 bridgehead atoms. The number of rotatable bonds is 2. The van der Waals surface area contributed by atoms with Crippen molar-refractivity contribution in [3.63, 3.8) is 0 Å². The number of phenols is 2. The Morgan fingerprint density at radius 2 is 1.58 bits per heavy atom. The lowest BCUT2D eigenvalue weighted by molar-refractivity contribution is 0.0950. The number of hydrogen-bond acceptors (Lipinski definition) is 3. The van der Waals surface area contributed by atoms with Gasteiger partial charge in [-0.3, -0.25) is 0 Å². The predicted octanol–water partition coefficient (Wildman–Crippen LogP) is 5.06. The van der Waals surface area contributed by atoms with Crippen molar-refractivity contribution >= 4 is 0 Å². The van der Waals surface area contributed by atoms with Crippen molar-refractivity contribution in [2.24, 2.45) is 5.92 Å². The lowest BCUT2D eigenvalue weighted by Crippen LogP contribution is -2.24. The maximum atomic E-state index is 9.78. The van der Waals surface area contributed by atoms with Crippen LogP contribution in [0.3, 0.4) is 0 Å². The third-order valence-electron chi connectivity index (χ3n) is 4.77. The molecule has 3 unspecified atom stereocenters. The van der Waals surface area contributed by atoms with Gasteiger partial charge in [-0.25, -0.2) is 0 Å². The summed E-state index contributed by atoms with van der Waals surface area (Å²) in [5, 5.41) is 28.9. The third kappa shape index (κ3) is 4.09. The molecule has 0 aromatic heterocycles. The molecule has 1 aliphatic carbocycles. The van der Waals surface area contributed by atoms with E-state index in [-0.39, 0.29) is 17.6 Å². The summed E-state index contributed by atoms with van der Waals surface area (Å²) in [6, 6.07) is 13.2. The highest BCUT2D eigenvalue weighted by molar-refractivity contribution is 5.67. The molecule has 3 atom stereocenters. The number of aliphatic hydroxyl groups excluding tert-OH is 1. The molecule has 1 aliphatic rings. The number of aromatic hydroxyl groups is 2. The molecular weight excluding hydrogens is 300 g/mol. The van der Waals surface area contributed by atoms with Crippen LogP contribution in [0.5, 0.6) is 11.5 Å². The summed E-state index contributed by atoms with van der Waals surface area (Å²) in [4.78, 5) is 0. The quantitative estimate of drug-likeness (QED) is 0.676. The number of benzene rings is 2. The first-order chi connectivity index (χ1) is 11.5. The van der Waals surface area contributed by atoms with E-state index in [0.717, 1.165) is 30.4 Å². The van der Waals surface area contributed by atoms with E-state index in [4.69, 9.17) is 0 Å². The number of phenolic OH excluding ortho intramolecular Hbond substituents is 2. The molecule has 2 aromatic rings. The van der Waals surface area contributed by atoms with Gasteiger partial charge in [-0.2, -0.15) is 0 Å². The third-order valence-corrected chi connectivity index (χ3v) is 4.77. The fraction of sp³-hybridized carbons (Fsp3) is 0.429. The molecule has 3 heteroatoms. The fourth-order valence-corrected chi connectivity index (χ4v) is 3.51. The van der Waals surface area contributed by atoms with Gasteiger partial charge in [0.25, 0.3) is 0 Å². The zero-order chi connectivity index (χ0) is 17.7. The maximum absolute atomic E-state index is 9.78. The van der Waals surface area contributed by atoms with Gasteiger partial charge >= 0.3 is 0 Å². The van der Waals surface area contributed by atoms with E-state index >= 15 is 0 Å². The molecule has 0 aliphatic heterocycles. The first-order valence-electron chi connectivity index (χ1n) is 8.85. The van der Waals surface area contributed by atoms with E-state index in [9.17, 15) is 15.3 Å². The van der Waals surface area contributed by atoms with Crippen LogP contribution >= 0.6 is 0 Å². The van der Waals surface area contributed by atoms with E-state index in [0.29, 0.717) is 11.8 Å². The predicted molar refractivity (Wildman–Crippen MR) is 98.3 cm³/mol. The van der Waals surface area contributed by atoms with Crippen LogP contribution in [0.25, 0.3) is 11.1 Å². The molecule has 0 heterocycles. The summed E-state index contributed by atoms with van der Waals surface area (Å²) in [5.41, 5.74) is 3.20. The minimum atomic E-state index is -0.163. The van der Waals surface area contributed by atoms with Gasteiger partial charge in [-0.05, 0) is 59.9 Å². The number of hydrogen-bond donors (Lipinski definition) is 3. The molecule has 24 heavy (non-hydrogen) atoms. The van der Waals surface area contributed by atoms with Crippen LogP contribution in [0.4, 0.5) is 0 Å². The monoisotopic (exact) mass is 328 g/mol. The molecule has 1 saturated carbocycles. The molecular formula is C21H28O3. The molecule has 3 nitrogen and oxygen atoms in total. The molecule has 0 spiro atoms. The summed E-state index contributed by atoms with van der Waals surface area (Å²) < 4.78 is 0. The van der Waals surface area contributed by atoms with Crippen LogP contribution < -0.4 is 0 Å². The molecule has 0 amide bonds. The normalized spacial score (nSPS) is 23.2. The summed E-state index contributed by atoms with van der Waals surface area (Å²) in [5.74, 6) is 0.730. The Labute approximate surface area is 144 Å². The van der Waals surface area contributed by atoms with Gasteiger partial charge in [0.15, 0.2) is 11.5 Å². The van der Waals surface area contributed by atoms with Gasteiger partial charge in [-0.15, -0.1) is 0 Å². The molecule has 3 rings (SSSR count). The van der Waals surface area contributed by atoms with Gasteiger partial charge < -0.3 is 15.3 Å². The SMILES string of the molecule is CC.CC1CC(O)CCC1c1cccc(-c2ccc(O)c(O)c2)c1. The minimum Gasteiger partial charge on any atom is -0.504 e. The van der Waals surface area contributed by atoms with E-state index in [2.05, 4.69) is 19.1 Å². The highest BCUT2D eigenvalue weighted by Crippen LogP contribution is 2.39. The van der Waals surface area contributed by atoms with Crippen molar-refractivity contribution < 1.29 is 15.3 Å².